The van der Waals surface area contributed by atoms with E-state index in [-0.39, 0.29) is 18.9 Å². The van der Waals surface area contributed by atoms with Gasteiger partial charge in [0.1, 0.15) is 48.8 Å². The quantitative estimate of drug-likeness (QED) is 0.0204. The molecule has 2 aliphatic heterocycles. The number of carbonyl (C=O) groups excluding carboxylic acids is 1. The second kappa shape index (κ2) is 65.2. The molecule has 0 aromatic rings. The van der Waals surface area contributed by atoms with Gasteiger partial charge in [-0.1, -0.05) is 323 Å². The summed E-state index contributed by atoms with van der Waals surface area (Å²) in [5.74, 6) is -0.250. The average Bonchev–Trinajstić information content (AvgIpc) is 0.857. The highest BCUT2D eigenvalue weighted by Gasteiger charge is 2.51. The number of aliphatic hydroxyl groups excluding tert-OH is 8. The summed E-state index contributed by atoms with van der Waals surface area (Å²) >= 11 is 0. The lowest BCUT2D eigenvalue weighted by molar-refractivity contribution is -0.359. The normalized spacial score (nSPS) is 22.8. The third-order valence-corrected chi connectivity index (χ3v) is 18.7. The van der Waals surface area contributed by atoms with Crippen LogP contribution in [0.2, 0.25) is 0 Å². The number of hydrogen-bond acceptors (Lipinski definition) is 13. The van der Waals surface area contributed by atoms with Gasteiger partial charge in [0, 0.05) is 6.42 Å². The number of amides is 1. The number of unbranched alkanes of at least 4 members (excludes halogenated alkanes) is 38. The number of carbonyl (C=O) groups is 1. The molecular weight excluding hydrogens is 1210 g/mol. The number of allylic oxidation sites excluding steroid dienone is 15. The van der Waals surface area contributed by atoms with E-state index in [1.165, 1.54) is 212 Å². The van der Waals surface area contributed by atoms with E-state index in [9.17, 15) is 45.6 Å². The smallest absolute Gasteiger partial charge is 0.220 e. The molecule has 2 aliphatic rings. The third-order valence-electron chi connectivity index (χ3n) is 18.7. The van der Waals surface area contributed by atoms with Crippen LogP contribution in [-0.4, -0.2) is 140 Å². The number of rotatable bonds is 65. The van der Waals surface area contributed by atoms with E-state index in [2.05, 4.69) is 104 Å². The molecule has 2 heterocycles. The minimum atomic E-state index is -1.80. The van der Waals surface area contributed by atoms with Crippen molar-refractivity contribution in [1.29, 1.82) is 0 Å². The van der Waals surface area contributed by atoms with Crippen LogP contribution in [0.3, 0.4) is 0 Å². The van der Waals surface area contributed by atoms with E-state index in [1.807, 2.05) is 6.08 Å². The van der Waals surface area contributed by atoms with Gasteiger partial charge in [-0.2, -0.15) is 0 Å². The van der Waals surface area contributed by atoms with Gasteiger partial charge < -0.3 is 65.1 Å². The van der Waals surface area contributed by atoms with Crippen molar-refractivity contribution in [2.24, 2.45) is 0 Å². The first-order chi connectivity index (χ1) is 47.1. The molecule has 0 aliphatic carbocycles. The van der Waals surface area contributed by atoms with Gasteiger partial charge in [-0.15, -0.1) is 0 Å². The monoisotopic (exact) mass is 1350 g/mol. The van der Waals surface area contributed by atoms with Crippen LogP contribution in [0.1, 0.15) is 322 Å². The summed E-state index contributed by atoms with van der Waals surface area (Å²) in [6, 6.07) is -0.943. The molecule has 1 amide bonds. The van der Waals surface area contributed by atoms with Gasteiger partial charge in [0.2, 0.25) is 5.91 Å². The highest BCUT2D eigenvalue weighted by Crippen LogP contribution is 2.30. The first-order valence-electron chi connectivity index (χ1n) is 39.5. The summed E-state index contributed by atoms with van der Waals surface area (Å²) in [6.07, 6.45) is 76.3. The Kier molecular flexibility index (Phi) is 60.5. The first kappa shape index (κ1) is 89.0. The van der Waals surface area contributed by atoms with Gasteiger partial charge in [0.05, 0.1) is 32.0 Å². The van der Waals surface area contributed by atoms with E-state index in [0.717, 1.165) is 77.0 Å². The summed E-state index contributed by atoms with van der Waals surface area (Å²) in [4.78, 5) is 13.4. The van der Waals surface area contributed by atoms with Crippen LogP contribution in [0, 0.1) is 0 Å². The number of aliphatic hydroxyl groups is 8. The zero-order chi connectivity index (χ0) is 69.4. The molecule has 2 saturated heterocycles. The first-order valence-corrected chi connectivity index (χ1v) is 39.5. The maximum absolute atomic E-state index is 13.4. The molecule has 12 unspecified atom stereocenters. The van der Waals surface area contributed by atoms with Gasteiger partial charge >= 0.3 is 0 Å². The molecule has 14 nitrogen and oxygen atoms in total. The van der Waals surface area contributed by atoms with Crippen molar-refractivity contribution < 1.29 is 64.6 Å². The minimum absolute atomic E-state index is 0.250. The Morgan fingerprint density at radius 3 is 1.15 bits per heavy atom. The van der Waals surface area contributed by atoms with Crippen molar-refractivity contribution in [2.75, 3.05) is 19.8 Å². The minimum Gasteiger partial charge on any atom is -0.394 e. The molecule has 0 aromatic heterocycles. The molecule has 0 spiro atoms. The van der Waals surface area contributed by atoms with Crippen molar-refractivity contribution >= 4 is 5.91 Å². The molecule has 2 fully saturated rings. The largest absolute Gasteiger partial charge is 0.394 e. The van der Waals surface area contributed by atoms with Crippen molar-refractivity contribution in [1.82, 2.24) is 5.32 Å². The Balaban J connectivity index is 1.62. The van der Waals surface area contributed by atoms with Crippen LogP contribution in [0.15, 0.2) is 97.2 Å². The topological polar surface area (TPSA) is 228 Å². The standard InChI is InChI=1S/C82H145NO13/c1-3-5-7-9-11-13-15-17-19-21-23-25-27-29-30-31-32-33-34-35-36-37-38-39-40-42-44-46-48-50-52-54-56-58-60-62-64-66-74(87)83-70(69-93-81-79(92)77(90)80(73(68-85)95-81)96-82-78(91)76(89)75(88)72(67-84)94-82)71(86)65-63-61-59-57-55-53-51-49-47-45-43-41-28-26-24-22-20-18-16-14-12-10-8-6-4-2/h5,7,11,13,17,19,23,25,29-30,47,49,55,57,63,65,70-73,75-82,84-86,88-92H,3-4,6,8-10,12,14-16,18,20-22,24,26-28,31-46,48,50-54,56,58-62,64,66-69H2,1-2H3,(H,83,87)/b7-5-,13-11-,19-17-,25-23-,30-29-,49-47+,57-55+,65-63+. The van der Waals surface area contributed by atoms with Crippen molar-refractivity contribution in [2.45, 2.75) is 396 Å². The van der Waals surface area contributed by atoms with Crippen LogP contribution < -0.4 is 5.32 Å². The average molecular weight is 1350 g/mol. The maximum atomic E-state index is 13.4. The van der Waals surface area contributed by atoms with E-state index in [1.54, 1.807) is 6.08 Å². The summed E-state index contributed by atoms with van der Waals surface area (Å²) in [7, 11) is 0. The van der Waals surface area contributed by atoms with Crippen molar-refractivity contribution in [3.63, 3.8) is 0 Å². The molecule has 2 rings (SSSR count). The Morgan fingerprint density at radius 2 is 0.729 bits per heavy atom. The summed E-state index contributed by atoms with van der Waals surface area (Å²) < 4.78 is 22.9. The Morgan fingerprint density at radius 1 is 0.385 bits per heavy atom. The van der Waals surface area contributed by atoms with E-state index in [4.69, 9.17) is 18.9 Å². The Hall–Kier alpha value is -3.09. The van der Waals surface area contributed by atoms with Crippen LogP contribution in [0.25, 0.3) is 0 Å². The SMILES string of the molecule is CC/C=C\C/C=C\C/C=C\C/C=C\C/C=C\CCCCCCCCCCCCCCCCCCCCCCCC(=O)NC(COC1OC(CO)C(OC2OC(CO)C(O)C(O)C2O)C(O)C1O)C(O)/C=C/CC/C=C/CC/C=C/CCCCCCCCCCCCCCCCC. The van der Waals surface area contributed by atoms with Crippen LogP contribution in [0.4, 0.5) is 0 Å². The number of hydrogen-bond donors (Lipinski definition) is 9. The van der Waals surface area contributed by atoms with Crippen molar-refractivity contribution in [3.05, 3.63) is 97.2 Å². The summed E-state index contributed by atoms with van der Waals surface area (Å²) in [5, 5.41) is 87.6. The zero-order valence-electron chi connectivity index (χ0n) is 60.8. The Labute approximate surface area is 585 Å². The molecule has 0 aromatic carbocycles. The highest BCUT2D eigenvalue weighted by molar-refractivity contribution is 5.76. The Bertz CT molecular complexity index is 1980. The van der Waals surface area contributed by atoms with Crippen LogP contribution in [0.5, 0.6) is 0 Å². The van der Waals surface area contributed by atoms with Crippen LogP contribution >= 0.6 is 0 Å². The number of ether oxygens (including phenoxy) is 4. The number of nitrogens with one attached hydrogen (secondary N) is 1. The fraction of sp³-hybridized carbons (Fsp3) is 0.793. The zero-order valence-corrected chi connectivity index (χ0v) is 60.8. The van der Waals surface area contributed by atoms with Crippen LogP contribution in [-0.2, 0) is 23.7 Å². The second-order valence-corrected chi connectivity index (χ2v) is 27.4. The van der Waals surface area contributed by atoms with Gasteiger partial charge in [0.25, 0.3) is 0 Å². The fourth-order valence-corrected chi connectivity index (χ4v) is 12.5. The van der Waals surface area contributed by atoms with Gasteiger partial charge in [-0.25, -0.2) is 0 Å². The molecule has 12 atom stereocenters. The lowest BCUT2D eigenvalue weighted by Crippen LogP contribution is -2.65. The third kappa shape index (κ3) is 47.9. The molecule has 0 bridgehead atoms. The molecule has 556 valence electrons. The van der Waals surface area contributed by atoms with Crippen molar-refractivity contribution in [3.8, 4) is 0 Å². The van der Waals surface area contributed by atoms with E-state index in [0.29, 0.717) is 12.8 Å². The molecule has 0 saturated carbocycles. The summed E-state index contributed by atoms with van der Waals surface area (Å²) in [6.45, 7) is 2.70. The van der Waals surface area contributed by atoms with Gasteiger partial charge in [-0.3, -0.25) is 4.79 Å². The van der Waals surface area contributed by atoms with Gasteiger partial charge in [-0.05, 0) is 89.9 Å². The molecule has 96 heavy (non-hydrogen) atoms. The fourth-order valence-electron chi connectivity index (χ4n) is 12.5. The molecular formula is C82H145NO13. The molecule has 9 N–H and O–H groups in total. The van der Waals surface area contributed by atoms with Gasteiger partial charge in [0.15, 0.2) is 12.6 Å². The van der Waals surface area contributed by atoms with E-state index >= 15 is 0 Å². The lowest BCUT2D eigenvalue weighted by Gasteiger charge is -2.46. The maximum Gasteiger partial charge on any atom is 0.220 e. The molecule has 0 radical (unpaired) electrons. The lowest BCUT2D eigenvalue weighted by atomic mass is 9.97. The second-order valence-electron chi connectivity index (χ2n) is 27.4. The molecule has 14 heteroatoms. The van der Waals surface area contributed by atoms with E-state index < -0.39 is 86.8 Å². The predicted molar refractivity (Wildman–Crippen MR) is 396 cm³/mol. The summed E-state index contributed by atoms with van der Waals surface area (Å²) in [5.41, 5.74) is 0. The predicted octanol–water partition coefficient (Wildman–Crippen LogP) is 17.7. The highest BCUT2D eigenvalue weighted by atomic mass is 16.7.